The number of nitrogens with two attached hydrogens (primary N) is 1. The molecule has 0 bridgehead atoms. The number of hydrogen-bond donors (Lipinski definition) is 3. The van der Waals surface area contributed by atoms with Crippen LogP contribution in [0.1, 0.15) is 24.5 Å². The normalized spacial score (nSPS) is 17.5. The molecule has 2 aromatic rings. The molecule has 1 atom stereocenters. The van der Waals surface area contributed by atoms with Crippen LogP contribution in [-0.4, -0.2) is 49.0 Å². The molecule has 3 amide bonds. The molecular formula is C24H29ClN4O4. The number of ether oxygens (including phenoxy) is 1. The number of carbonyl (C=O) groups is 3. The lowest BCUT2D eigenvalue weighted by Crippen LogP contribution is -2.47. The fourth-order valence-corrected chi connectivity index (χ4v) is 3.97. The van der Waals surface area contributed by atoms with Crippen LogP contribution in [0.25, 0.3) is 0 Å². The van der Waals surface area contributed by atoms with E-state index in [-0.39, 0.29) is 38.1 Å². The van der Waals surface area contributed by atoms with E-state index in [2.05, 4.69) is 10.6 Å². The van der Waals surface area contributed by atoms with E-state index in [4.69, 9.17) is 22.1 Å². The third kappa shape index (κ3) is 6.24. The first kappa shape index (κ1) is 24.5. The number of rotatable bonds is 8. The van der Waals surface area contributed by atoms with E-state index in [1.807, 2.05) is 37.3 Å². The monoisotopic (exact) mass is 472 g/mol. The van der Waals surface area contributed by atoms with Crippen molar-refractivity contribution >= 4 is 35.2 Å². The van der Waals surface area contributed by atoms with Gasteiger partial charge in [0.05, 0.1) is 6.54 Å². The maximum Gasteiger partial charge on any atom is 0.411 e. The van der Waals surface area contributed by atoms with Gasteiger partial charge in [-0.15, -0.1) is 0 Å². The minimum Gasteiger partial charge on any atom is -0.448 e. The van der Waals surface area contributed by atoms with Crippen LogP contribution < -0.4 is 16.4 Å². The first-order valence-electron chi connectivity index (χ1n) is 10.9. The third-order valence-electron chi connectivity index (χ3n) is 5.85. The van der Waals surface area contributed by atoms with Crippen molar-refractivity contribution in [3.05, 3.63) is 64.7 Å². The minimum absolute atomic E-state index is 0.121. The highest BCUT2D eigenvalue weighted by molar-refractivity contribution is 6.31. The summed E-state index contributed by atoms with van der Waals surface area (Å²) >= 11 is 6.19. The third-order valence-corrected chi connectivity index (χ3v) is 6.22. The average molecular weight is 473 g/mol. The van der Waals surface area contributed by atoms with Gasteiger partial charge in [0.1, 0.15) is 12.0 Å². The van der Waals surface area contributed by atoms with Gasteiger partial charge in [0.25, 0.3) is 0 Å². The van der Waals surface area contributed by atoms with Crippen molar-refractivity contribution in [1.82, 2.24) is 10.2 Å². The van der Waals surface area contributed by atoms with E-state index in [1.165, 1.54) is 4.90 Å². The molecule has 2 aromatic carbocycles. The molecule has 1 heterocycles. The van der Waals surface area contributed by atoms with Gasteiger partial charge >= 0.3 is 6.09 Å². The van der Waals surface area contributed by atoms with E-state index < -0.39 is 11.5 Å². The highest BCUT2D eigenvalue weighted by Gasteiger charge is 2.47. The van der Waals surface area contributed by atoms with Gasteiger partial charge in [-0.2, -0.15) is 0 Å². The Bertz CT molecular complexity index is 998. The topological polar surface area (TPSA) is 114 Å². The number of benzene rings is 2. The second kappa shape index (κ2) is 11.2. The van der Waals surface area contributed by atoms with Gasteiger partial charge in [0, 0.05) is 30.3 Å². The van der Waals surface area contributed by atoms with Crippen LogP contribution in [0.4, 0.5) is 10.5 Å². The lowest BCUT2D eigenvalue weighted by atomic mass is 9.87. The van der Waals surface area contributed by atoms with Crippen molar-refractivity contribution in [2.45, 2.75) is 26.3 Å². The van der Waals surface area contributed by atoms with Gasteiger partial charge in [-0.3, -0.25) is 14.9 Å². The van der Waals surface area contributed by atoms with E-state index >= 15 is 0 Å². The summed E-state index contributed by atoms with van der Waals surface area (Å²) in [5, 5.41) is 6.10. The quantitative estimate of drug-likeness (QED) is 0.546. The molecule has 0 aromatic heterocycles. The molecule has 0 aliphatic carbocycles. The molecule has 1 aliphatic rings. The highest BCUT2D eigenvalue weighted by Crippen LogP contribution is 2.32. The van der Waals surface area contributed by atoms with Gasteiger partial charge in [0.15, 0.2) is 0 Å². The lowest BCUT2D eigenvalue weighted by Gasteiger charge is -2.28. The van der Waals surface area contributed by atoms with Gasteiger partial charge in [-0.25, -0.2) is 4.79 Å². The lowest BCUT2D eigenvalue weighted by molar-refractivity contribution is -0.134. The van der Waals surface area contributed by atoms with E-state index in [9.17, 15) is 14.4 Å². The van der Waals surface area contributed by atoms with Gasteiger partial charge < -0.3 is 20.7 Å². The first-order chi connectivity index (χ1) is 15.9. The number of halogens is 1. The van der Waals surface area contributed by atoms with Gasteiger partial charge in [-0.1, -0.05) is 48.9 Å². The van der Waals surface area contributed by atoms with Crippen LogP contribution in [0.2, 0.25) is 5.02 Å². The highest BCUT2D eigenvalue weighted by atomic mass is 35.5. The minimum atomic E-state index is -1.07. The standard InChI is InChI=1S/C24H29ClN4O4/c1-2-17-7-9-19(10-8-17)28-23(32)33-16-24(11-12-29(15-24)21(30)13-26)22(31)27-14-18-5-3-4-6-20(18)25/h3-10H,2,11-16,26H2,1H3,(H,27,31)(H,28,32). The van der Waals surface area contributed by atoms with Crippen LogP contribution in [0, 0.1) is 5.41 Å². The molecule has 3 rings (SSSR count). The second-order valence-electron chi connectivity index (χ2n) is 8.08. The predicted molar refractivity (Wildman–Crippen MR) is 127 cm³/mol. The molecule has 4 N–H and O–H groups in total. The van der Waals surface area contributed by atoms with Crippen LogP contribution in [0.5, 0.6) is 0 Å². The summed E-state index contributed by atoms with van der Waals surface area (Å²) in [5.74, 6) is -0.564. The largest absolute Gasteiger partial charge is 0.448 e. The molecule has 9 heteroatoms. The molecule has 1 unspecified atom stereocenters. The summed E-state index contributed by atoms with van der Waals surface area (Å²) in [6.07, 6.45) is 0.585. The Morgan fingerprint density at radius 2 is 1.88 bits per heavy atom. The van der Waals surface area contributed by atoms with Gasteiger partial charge in [-0.05, 0) is 42.2 Å². The fourth-order valence-electron chi connectivity index (χ4n) is 3.77. The van der Waals surface area contributed by atoms with Crippen LogP contribution >= 0.6 is 11.6 Å². The SMILES string of the molecule is CCc1ccc(NC(=O)OCC2(C(=O)NCc3ccccc3Cl)CCN(C(=O)CN)C2)cc1. The number of amides is 3. The van der Waals surface area contributed by atoms with Crippen LogP contribution in [0.15, 0.2) is 48.5 Å². The summed E-state index contributed by atoms with van der Waals surface area (Å²) in [6.45, 7) is 2.43. The number of carbonyl (C=O) groups excluding carboxylic acids is 3. The molecule has 1 saturated heterocycles. The number of anilines is 1. The van der Waals surface area contributed by atoms with Crippen molar-refractivity contribution in [2.24, 2.45) is 11.1 Å². The Morgan fingerprint density at radius 1 is 1.15 bits per heavy atom. The van der Waals surface area contributed by atoms with E-state index in [1.54, 1.807) is 18.2 Å². The zero-order valence-electron chi connectivity index (χ0n) is 18.6. The zero-order chi connectivity index (χ0) is 23.8. The van der Waals surface area contributed by atoms with Gasteiger partial charge in [0.2, 0.25) is 11.8 Å². The molecule has 8 nitrogen and oxygen atoms in total. The maximum atomic E-state index is 13.2. The maximum absolute atomic E-state index is 13.2. The van der Waals surface area contributed by atoms with E-state index in [0.717, 1.165) is 17.5 Å². The Morgan fingerprint density at radius 3 is 2.55 bits per heavy atom. The van der Waals surface area contributed by atoms with Crippen LogP contribution in [-0.2, 0) is 27.3 Å². The van der Waals surface area contributed by atoms with Crippen molar-refractivity contribution in [3.63, 3.8) is 0 Å². The first-order valence-corrected chi connectivity index (χ1v) is 11.3. The number of nitrogens with zero attached hydrogens (tertiary/aromatic N) is 1. The smallest absolute Gasteiger partial charge is 0.411 e. The molecule has 1 aliphatic heterocycles. The summed E-state index contributed by atoms with van der Waals surface area (Å²) in [4.78, 5) is 39.3. The summed E-state index contributed by atoms with van der Waals surface area (Å²) in [6, 6.07) is 14.6. The Hall–Kier alpha value is -3.10. The molecule has 1 fully saturated rings. The van der Waals surface area contributed by atoms with E-state index in [0.29, 0.717) is 23.7 Å². The van der Waals surface area contributed by atoms with Crippen molar-refractivity contribution in [3.8, 4) is 0 Å². The Labute approximate surface area is 198 Å². The summed E-state index contributed by atoms with van der Waals surface area (Å²) in [7, 11) is 0. The number of hydrogen-bond acceptors (Lipinski definition) is 5. The molecule has 176 valence electrons. The molecule has 0 spiro atoms. The molecule has 0 saturated carbocycles. The summed E-state index contributed by atoms with van der Waals surface area (Å²) < 4.78 is 5.44. The molecular weight excluding hydrogens is 444 g/mol. The Kier molecular flexibility index (Phi) is 8.30. The number of aryl methyl sites for hydroxylation is 1. The number of likely N-dealkylation sites (tertiary alicyclic amines) is 1. The van der Waals surface area contributed by atoms with Crippen molar-refractivity contribution < 1.29 is 19.1 Å². The van der Waals surface area contributed by atoms with Crippen molar-refractivity contribution in [2.75, 3.05) is 31.6 Å². The fraction of sp³-hybridized carbons (Fsp3) is 0.375. The predicted octanol–water partition coefficient (Wildman–Crippen LogP) is 2.94. The van der Waals surface area contributed by atoms with Crippen LogP contribution in [0.3, 0.4) is 0 Å². The average Bonchev–Trinajstić information content (AvgIpc) is 3.28. The Balaban J connectivity index is 1.66. The zero-order valence-corrected chi connectivity index (χ0v) is 19.4. The number of nitrogens with one attached hydrogen (secondary N) is 2. The molecule has 0 radical (unpaired) electrons. The molecule has 33 heavy (non-hydrogen) atoms. The summed E-state index contributed by atoms with van der Waals surface area (Å²) in [5.41, 5.74) is 6.94. The van der Waals surface area contributed by atoms with Crippen molar-refractivity contribution in [1.29, 1.82) is 0 Å². The second-order valence-corrected chi connectivity index (χ2v) is 8.48.